The first-order valence-corrected chi connectivity index (χ1v) is 12.5. The van der Waals surface area contributed by atoms with Gasteiger partial charge in [-0.15, -0.1) is 0 Å². The number of phenolic OH excluding ortho intramolecular Hbond substituents is 1. The van der Waals surface area contributed by atoms with E-state index in [2.05, 4.69) is 14.9 Å². The zero-order chi connectivity index (χ0) is 23.6. The Morgan fingerprint density at radius 2 is 1.44 bits per heavy atom. The molecule has 3 aromatic rings. The number of aromatic nitrogens is 2. The third kappa shape index (κ3) is 6.43. The van der Waals surface area contributed by atoms with Crippen molar-refractivity contribution in [2.24, 2.45) is 11.3 Å². The largest absolute Gasteiger partial charge is 0.508 e. The first-order chi connectivity index (χ1) is 16.7. The number of aromatic hydroxyl groups is 1. The summed E-state index contributed by atoms with van der Waals surface area (Å²) in [6.07, 6.45) is 14.2. The van der Waals surface area contributed by atoms with E-state index in [1.54, 1.807) is 18.5 Å². The van der Waals surface area contributed by atoms with Crippen molar-refractivity contribution in [2.75, 3.05) is 18.0 Å². The zero-order valence-corrected chi connectivity index (χ0v) is 19.9. The van der Waals surface area contributed by atoms with Crippen LogP contribution in [0.1, 0.15) is 49.7 Å². The van der Waals surface area contributed by atoms with E-state index in [0.717, 1.165) is 44.6 Å². The number of aldehydes is 1. The van der Waals surface area contributed by atoms with E-state index in [4.69, 9.17) is 0 Å². The number of hydrogen-bond acceptors (Lipinski definition) is 5. The summed E-state index contributed by atoms with van der Waals surface area (Å²) >= 11 is 0. The highest BCUT2D eigenvalue weighted by molar-refractivity contribution is 5.55. The summed E-state index contributed by atoms with van der Waals surface area (Å²) < 4.78 is 0. The third-order valence-electron chi connectivity index (χ3n) is 7.24. The number of nitrogens with zero attached hydrogens (tertiary/aromatic N) is 3. The van der Waals surface area contributed by atoms with Gasteiger partial charge in [-0.2, -0.15) is 0 Å². The molecule has 3 aliphatic rings. The molecule has 1 spiro atoms. The van der Waals surface area contributed by atoms with Crippen molar-refractivity contribution in [1.29, 1.82) is 0 Å². The molecule has 2 aliphatic carbocycles. The number of aryl methyl sites for hydroxylation is 2. The minimum atomic E-state index is 0.328. The van der Waals surface area contributed by atoms with Gasteiger partial charge in [-0.05, 0) is 86.1 Å². The molecule has 178 valence electrons. The molecular weight excluding hydrogens is 422 g/mol. The summed E-state index contributed by atoms with van der Waals surface area (Å²) in [5, 5.41) is 9.19. The first-order valence-electron chi connectivity index (χ1n) is 12.5. The molecule has 1 aromatic heterocycles. The molecule has 34 heavy (non-hydrogen) atoms. The Morgan fingerprint density at radius 1 is 0.853 bits per heavy atom. The van der Waals surface area contributed by atoms with E-state index >= 15 is 0 Å². The average molecular weight is 458 g/mol. The lowest BCUT2D eigenvalue weighted by Gasteiger charge is -2.50. The van der Waals surface area contributed by atoms with Crippen LogP contribution >= 0.6 is 0 Å². The van der Waals surface area contributed by atoms with Crippen LogP contribution in [0.2, 0.25) is 0 Å². The van der Waals surface area contributed by atoms with Gasteiger partial charge in [0.15, 0.2) is 0 Å². The quantitative estimate of drug-likeness (QED) is 0.505. The van der Waals surface area contributed by atoms with Crippen LogP contribution in [0.3, 0.4) is 0 Å². The monoisotopic (exact) mass is 457 g/mol. The number of phenols is 1. The Kier molecular flexibility index (Phi) is 8.29. The normalized spacial score (nSPS) is 18.3. The fourth-order valence-electron chi connectivity index (χ4n) is 5.30. The van der Waals surface area contributed by atoms with Gasteiger partial charge in [-0.1, -0.05) is 42.5 Å². The molecular formula is C29H35N3O2. The number of benzene rings is 2. The van der Waals surface area contributed by atoms with E-state index in [9.17, 15) is 9.90 Å². The number of hydrogen-bond donors (Lipinski definition) is 1. The molecule has 5 nitrogen and oxygen atoms in total. The molecule has 0 bridgehead atoms. The first kappa shape index (κ1) is 23.9. The Hall–Kier alpha value is -3.21. The maximum Gasteiger partial charge on any atom is 0.225 e. The average Bonchev–Trinajstić information content (AvgIpc) is 2.89. The molecule has 6 rings (SSSR count). The predicted octanol–water partition coefficient (Wildman–Crippen LogP) is 5.63. The Balaban J connectivity index is 0.000000137. The van der Waals surface area contributed by atoms with Gasteiger partial charge in [0.1, 0.15) is 12.0 Å². The molecule has 0 radical (unpaired) electrons. The maximum absolute atomic E-state index is 10.7. The van der Waals surface area contributed by atoms with Crippen LogP contribution in [0.15, 0.2) is 73.1 Å². The Morgan fingerprint density at radius 3 is 2.03 bits per heavy atom. The van der Waals surface area contributed by atoms with Crippen LogP contribution in [-0.2, 0) is 17.6 Å². The molecule has 5 heteroatoms. The molecule has 0 unspecified atom stereocenters. The van der Waals surface area contributed by atoms with Crippen LogP contribution in [0.5, 0.6) is 5.75 Å². The molecule has 0 atom stereocenters. The van der Waals surface area contributed by atoms with Crippen molar-refractivity contribution in [3.8, 4) is 5.75 Å². The van der Waals surface area contributed by atoms with E-state index in [1.165, 1.54) is 43.2 Å². The topological polar surface area (TPSA) is 66.3 Å². The summed E-state index contributed by atoms with van der Waals surface area (Å²) in [5.74, 6) is 1.58. The fourth-order valence-corrected chi connectivity index (χ4v) is 5.30. The van der Waals surface area contributed by atoms with Gasteiger partial charge in [0.25, 0.3) is 0 Å². The van der Waals surface area contributed by atoms with Crippen molar-refractivity contribution >= 4 is 12.2 Å². The van der Waals surface area contributed by atoms with Gasteiger partial charge in [0.2, 0.25) is 5.95 Å². The predicted molar refractivity (Wildman–Crippen MR) is 136 cm³/mol. The molecule has 2 fully saturated rings. The van der Waals surface area contributed by atoms with Crippen LogP contribution < -0.4 is 4.90 Å². The molecule has 1 aliphatic heterocycles. The molecule has 1 saturated heterocycles. The number of fused-ring (bicyclic) bond motifs is 1. The highest BCUT2D eigenvalue weighted by Crippen LogP contribution is 2.51. The smallest absolute Gasteiger partial charge is 0.225 e. The summed E-state index contributed by atoms with van der Waals surface area (Å²) in [6, 6.07) is 19.6. The number of carbonyl (C=O) groups excluding carboxylic acids is 1. The number of anilines is 1. The highest BCUT2D eigenvalue weighted by atomic mass is 16.3. The zero-order valence-electron chi connectivity index (χ0n) is 19.9. The minimum absolute atomic E-state index is 0.328. The van der Waals surface area contributed by atoms with Crippen LogP contribution in [-0.4, -0.2) is 34.5 Å². The maximum atomic E-state index is 10.7. The van der Waals surface area contributed by atoms with Gasteiger partial charge < -0.3 is 14.8 Å². The van der Waals surface area contributed by atoms with Crippen molar-refractivity contribution in [2.45, 2.75) is 51.4 Å². The van der Waals surface area contributed by atoms with Gasteiger partial charge in [0.05, 0.1) is 0 Å². The van der Waals surface area contributed by atoms with Gasteiger partial charge in [0, 0.05) is 31.4 Å². The van der Waals surface area contributed by atoms with Crippen LogP contribution in [0, 0.1) is 11.3 Å². The minimum Gasteiger partial charge on any atom is -0.508 e. The summed E-state index contributed by atoms with van der Waals surface area (Å²) in [6.45, 7) is 2.05. The molecule has 1 saturated carbocycles. The lowest BCUT2D eigenvalue weighted by Crippen LogP contribution is -2.47. The molecule has 2 aromatic carbocycles. The van der Waals surface area contributed by atoms with Crippen LogP contribution in [0.25, 0.3) is 0 Å². The fraction of sp³-hybridized carbons (Fsp3) is 0.414. The summed E-state index contributed by atoms with van der Waals surface area (Å²) in [5.41, 5.74) is 3.22. The van der Waals surface area contributed by atoms with Gasteiger partial charge >= 0.3 is 0 Å². The Bertz CT molecular complexity index is 983. The Labute approximate surface area is 202 Å². The van der Waals surface area contributed by atoms with E-state index < -0.39 is 0 Å². The molecule has 0 amide bonds. The van der Waals surface area contributed by atoms with Crippen molar-refractivity contribution in [3.63, 3.8) is 0 Å². The van der Waals surface area contributed by atoms with E-state index in [-0.39, 0.29) is 0 Å². The standard InChI is InChI=1S/C13H17N3O.C10H12O.C6H6/c17-10-11-8-13(9-11)2-6-16(7-3-13)12-14-4-1-5-15-12;11-10-6-5-8-3-1-2-4-9(8)7-10;1-2-4-6-5-3-1/h1,4-5,10-11H,2-3,6-9H2;5-7,11H,1-4H2;1-6H. The molecule has 2 heterocycles. The van der Waals surface area contributed by atoms with Crippen molar-refractivity contribution in [1.82, 2.24) is 9.97 Å². The number of rotatable bonds is 2. The summed E-state index contributed by atoms with van der Waals surface area (Å²) in [4.78, 5) is 21.5. The van der Waals surface area contributed by atoms with Crippen LogP contribution in [0.4, 0.5) is 5.95 Å². The number of carbonyl (C=O) groups is 1. The number of piperidine rings is 1. The second-order valence-electron chi connectivity index (χ2n) is 9.66. The second kappa shape index (κ2) is 11.8. The van der Waals surface area contributed by atoms with Gasteiger partial charge in [-0.25, -0.2) is 9.97 Å². The SMILES string of the molecule is O=CC1CC2(CCN(c3ncccn3)CC2)C1.Oc1ccc2c(c1)CCCC2.c1ccccc1. The van der Waals surface area contributed by atoms with Crippen molar-refractivity contribution in [3.05, 3.63) is 84.2 Å². The summed E-state index contributed by atoms with van der Waals surface area (Å²) in [7, 11) is 0. The highest BCUT2D eigenvalue weighted by Gasteiger charge is 2.45. The van der Waals surface area contributed by atoms with E-state index in [0.29, 0.717) is 17.1 Å². The molecule has 1 N–H and O–H groups in total. The third-order valence-corrected chi connectivity index (χ3v) is 7.24. The van der Waals surface area contributed by atoms with Gasteiger partial charge in [-0.3, -0.25) is 0 Å². The second-order valence-corrected chi connectivity index (χ2v) is 9.66. The lowest BCUT2D eigenvalue weighted by molar-refractivity contribution is -0.118. The lowest BCUT2D eigenvalue weighted by atomic mass is 9.58. The van der Waals surface area contributed by atoms with E-state index in [1.807, 2.05) is 54.6 Å². The van der Waals surface area contributed by atoms with Crippen molar-refractivity contribution < 1.29 is 9.90 Å².